The second-order valence-electron chi connectivity index (χ2n) is 5.25. The summed E-state index contributed by atoms with van der Waals surface area (Å²) in [6.45, 7) is 0.446. The maximum Gasteiger partial charge on any atom is 0.287 e. The van der Waals surface area contributed by atoms with E-state index in [4.69, 9.17) is 4.42 Å². The lowest BCUT2D eigenvalue weighted by molar-refractivity contribution is 0.0910. The minimum atomic E-state index is -0.491. The third-order valence-electron chi connectivity index (χ3n) is 3.53. The standard InChI is InChI=1S/C18H16FN3O3/c19-14-12-13(5-6-15(14)22-9-1-2-10-22)17(23)20-7-8-21-18(24)16-4-3-11-25-16/h1-6,9-12H,7-8H2,(H,20,23)(H,21,24). The number of hydrogen-bond acceptors (Lipinski definition) is 3. The number of carbonyl (C=O) groups excluding carboxylic acids is 2. The van der Waals surface area contributed by atoms with Gasteiger partial charge in [-0.05, 0) is 42.5 Å². The Labute approximate surface area is 143 Å². The molecule has 2 amide bonds. The van der Waals surface area contributed by atoms with Crippen molar-refractivity contribution in [2.45, 2.75) is 0 Å². The van der Waals surface area contributed by atoms with Gasteiger partial charge in [-0.2, -0.15) is 0 Å². The molecule has 1 aromatic carbocycles. The van der Waals surface area contributed by atoms with Crippen LogP contribution in [0.15, 0.2) is 65.5 Å². The second kappa shape index (κ2) is 7.48. The largest absolute Gasteiger partial charge is 0.459 e. The Kier molecular flexibility index (Phi) is 4.94. The van der Waals surface area contributed by atoms with Gasteiger partial charge in [-0.1, -0.05) is 0 Å². The summed E-state index contributed by atoms with van der Waals surface area (Å²) in [5.74, 6) is -1.06. The first-order valence-electron chi connectivity index (χ1n) is 7.68. The number of hydrogen-bond donors (Lipinski definition) is 2. The average molecular weight is 341 g/mol. The molecule has 7 heteroatoms. The summed E-state index contributed by atoms with van der Waals surface area (Å²) in [6, 6.07) is 11.0. The molecule has 0 spiro atoms. The van der Waals surface area contributed by atoms with Gasteiger partial charge < -0.3 is 19.6 Å². The average Bonchev–Trinajstić information content (AvgIpc) is 3.31. The highest BCUT2D eigenvalue weighted by molar-refractivity contribution is 5.94. The van der Waals surface area contributed by atoms with Crippen molar-refractivity contribution in [3.63, 3.8) is 0 Å². The molecule has 0 radical (unpaired) electrons. The first-order valence-corrected chi connectivity index (χ1v) is 7.68. The van der Waals surface area contributed by atoms with Gasteiger partial charge in [0.1, 0.15) is 5.82 Å². The van der Waals surface area contributed by atoms with Crippen molar-refractivity contribution in [2.75, 3.05) is 13.1 Å². The van der Waals surface area contributed by atoms with E-state index in [2.05, 4.69) is 10.6 Å². The maximum atomic E-state index is 14.2. The number of furan rings is 1. The normalized spacial score (nSPS) is 10.4. The number of carbonyl (C=O) groups is 2. The van der Waals surface area contributed by atoms with Gasteiger partial charge in [-0.25, -0.2) is 4.39 Å². The van der Waals surface area contributed by atoms with Crippen molar-refractivity contribution < 1.29 is 18.4 Å². The molecule has 6 nitrogen and oxygen atoms in total. The SMILES string of the molecule is O=C(NCCNC(=O)c1ccco1)c1ccc(-n2cccc2)c(F)c1. The van der Waals surface area contributed by atoms with Crippen LogP contribution in [0.1, 0.15) is 20.9 Å². The Morgan fingerprint density at radius 1 is 1.00 bits per heavy atom. The molecular weight excluding hydrogens is 325 g/mol. The lowest BCUT2D eigenvalue weighted by Crippen LogP contribution is -2.34. The molecule has 0 saturated heterocycles. The molecule has 0 aliphatic carbocycles. The van der Waals surface area contributed by atoms with E-state index < -0.39 is 11.7 Å². The third-order valence-corrected chi connectivity index (χ3v) is 3.53. The summed E-state index contributed by atoms with van der Waals surface area (Å²) >= 11 is 0. The van der Waals surface area contributed by atoms with Gasteiger partial charge in [0.05, 0.1) is 12.0 Å². The highest BCUT2D eigenvalue weighted by Crippen LogP contribution is 2.15. The van der Waals surface area contributed by atoms with E-state index in [-0.39, 0.29) is 30.3 Å². The molecule has 0 bridgehead atoms. The third kappa shape index (κ3) is 3.95. The van der Waals surface area contributed by atoms with Crippen molar-refractivity contribution in [1.82, 2.24) is 15.2 Å². The van der Waals surface area contributed by atoms with Crippen LogP contribution in [0.25, 0.3) is 5.69 Å². The molecule has 0 saturated carbocycles. The Morgan fingerprint density at radius 2 is 1.72 bits per heavy atom. The first kappa shape index (κ1) is 16.5. The zero-order valence-electron chi connectivity index (χ0n) is 13.2. The Morgan fingerprint density at radius 3 is 2.36 bits per heavy atom. The van der Waals surface area contributed by atoms with E-state index in [0.29, 0.717) is 5.69 Å². The smallest absolute Gasteiger partial charge is 0.287 e. The number of nitrogens with one attached hydrogen (secondary N) is 2. The summed E-state index contributed by atoms with van der Waals surface area (Å²) in [6.07, 6.45) is 4.85. The lowest BCUT2D eigenvalue weighted by atomic mass is 10.2. The molecular formula is C18H16FN3O3. The highest BCUT2D eigenvalue weighted by atomic mass is 19.1. The molecule has 2 heterocycles. The van der Waals surface area contributed by atoms with Gasteiger partial charge >= 0.3 is 0 Å². The number of benzene rings is 1. The molecule has 0 aliphatic rings. The van der Waals surface area contributed by atoms with Gasteiger partial charge in [0, 0.05) is 31.0 Å². The molecule has 0 unspecified atom stereocenters. The summed E-state index contributed by atoms with van der Waals surface area (Å²) in [7, 11) is 0. The van der Waals surface area contributed by atoms with E-state index in [1.807, 2.05) is 0 Å². The second-order valence-corrected chi connectivity index (χ2v) is 5.25. The zero-order chi connectivity index (χ0) is 17.6. The van der Waals surface area contributed by atoms with E-state index in [1.54, 1.807) is 53.4 Å². The van der Waals surface area contributed by atoms with Gasteiger partial charge in [0.15, 0.2) is 5.76 Å². The van der Waals surface area contributed by atoms with E-state index >= 15 is 0 Å². The molecule has 25 heavy (non-hydrogen) atoms. The van der Waals surface area contributed by atoms with E-state index in [0.717, 1.165) is 0 Å². The first-order chi connectivity index (χ1) is 12.1. The van der Waals surface area contributed by atoms with Crippen molar-refractivity contribution in [1.29, 1.82) is 0 Å². The minimum absolute atomic E-state index is 0.203. The quantitative estimate of drug-likeness (QED) is 0.676. The van der Waals surface area contributed by atoms with Crippen molar-refractivity contribution >= 4 is 11.8 Å². The van der Waals surface area contributed by atoms with Crippen LogP contribution in [0, 0.1) is 5.82 Å². The minimum Gasteiger partial charge on any atom is -0.459 e. The predicted molar refractivity (Wildman–Crippen MR) is 89.1 cm³/mol. The van der Waals surface area contributed by atoms with Crippen LogP contribution in [0.3, 0.4) is 0 Å². The van der Waals surface area contributed by atoms with Crippen molar-refractivity contribution in [3.05, 3.63) is 78.3 Å². The number of amides is 2. The summed E-state index contributed by atoms with van der Waals surface area (Å²) in [5.41, 5.74) is 0.582. The van der Waals surface area contributed by atoms with Gasteiger partial charge in [-0.3, -0.25) is 9.59 Å². The molecule has 0 fully saturated rings. The topological polar surface area (TPSA) is 76.3 Å². The number of halogens is 1. The number of nitrogens with zero attached hydrogens (tertiary/aromatic N) is 1. The van der Waals surface area contributed by atoms with Crippen LogP contribution < -0.4 is 10.6 Å². The van der Waals surface area contributed by atoms with Gasteiger partial charge in [0.25, 0.3) is 11.8 Å². The highest BCUT2D eigenvalue weighted by Gasteiger charge is 2.11. The van der Waals surface area contributed by atoms with Gasteiger partial charge in [-0.15, -0.1) is 0 Å². The Balaban J connectivity index is 1.51. The zero-order valence-corrected chi connectivity index (χ0v) is 13.2. The van der Waals surface area contributed by atoms with E-state index in [1.165, 1.54) is 12.3 Å². The molecule has 0 aliphatic heterocycles. The lowest BCUT2D eigenvalue weighted by Gasteiger charge is -2.09. The summed E-state index contributed by atoms with van der Waals surface area (Å²) in [5, 5.41) is 5.23. The Bertz CT molecular complexity index is 858. The fourth-order valence-electron chi connectivity index (χ4n) is 2.30. The fraction of sp³-hybridized carbons (Fsp3) is 0.111. The van der Waals surface area contributed by atoms with Crippen LogP contribution in [-0.2, 0) is 0 Å². The van der Waals surface area contributed by atoms with Gasteiger partial charge in [0.2, 0.25) is 0 Å². The molecule has 0 atom stereocenters. The fourth-order valence-corrected chi connectivity index (χ4v) is 2.30. The van der Waals surface area contributed by atoms with Crippen LogP contribution in [0.5, 0.6) is 0 Å². The summed E-state index contributed by atoms with van der Waals surface area (Å²) < 4.78 is 20.7. The van der Waals surface area contributed by atoms with Crippen molar-refractivity contribution in [3.8, 4) is 5.69 Å². The molecule has 3 aromatic rings. The van der Waals surface area contributed by atoms with Crippen LogP contribution in [-0.4, -0.2) is 29.5 Å². The van der Waals surface area contributed by atoms with E-state index in [9.17, 15) is 14.0 Å². The summed E-state index contributed by atoms with van der Waals surface area (Å²) in [4.78, 5) is 23.7. The molecule has 2 aromatic heterocycles. The number of aromatic nitrogens is 1. The molecule has 2 N–H and O–H groups in total. The van der Waals surface area contributed by atoms with Crippen LogP contribution in [0.4, 0.5) is 4.39 Å². The molecule has 3 rings (SSSR count). The molecule has 128 valence electrons. The predicted octanol–water partition coefficient (Wildman–Crippen LogP) is 2.37. The van der Waals surface area contributed by atoms with Crippen LogP contribution >= 0.6 is 0 Å². The number of rotatable bonds is 6. The maximum absolute atomic E-state index is 14.2. The van der Waals surface area contributed by atoms with Crippen molar-refractivity contribution in [2.24, 2.45) is 0 Å². The Hall–Kier alpha value is -3.35. The monoisotopic (exact) mass is 341 g/mol. The van der Waals surface area contributed by atoms with Crippen LogP contribution in [0.2, 0.25) is 0 Å².